The van der Waals surface area contributed by atoms with Crippen molar-refractivity contribution in [3.05, 3.63) is 23.7 Å². The fraction of sp³-hybridized carbons (Fsp3) is 0.765. The lowest BCUT2D eigenvalue weighted by Crippen LogP contribution is -2.56. The molecule has 2 N–H and O–H groups in total. The van der Waals surface area contributed by atoms with Crippen molar-refractivity contribution < 1.29 is 4.42 Å². The number of furan rings is 1. The third kappa shape index (κ3) is 1.65. The lowest BCUT2D eigenvalue weighted by molar-refractivity contribution is -0.0702. The van der Waals surface area contributed by atoms with Crippen molar-refractivity contribution >= 4 is 0 Å². The molecular formula is C17H25NO. The fourth-order valence-electron chi connectivity index (χ4n) is 5.94. The number of hydrogen-bond donors (Lipinski definition) is 1. The van der Waals surface area contributed by atoms with Gasteiger partial charge in [0.25, 0.3) is 0 Å². The smallest absolute Gasteiger partial charge is 0.110 e. The summed E-state index contributed by atoms with van der Waals surface area (Å²) in [6, 6.07) is 4.74. The van der Waals surface area contributed by atoms with Gasteiger partial charge in [-0.25, -0.2) is 0 Å². The Labute approximate surface area is 115 Å². The van der Waals surface area contributed by atoms with Crippen molar-refractivity contribution in [2.45, 2.75) is 57.4 Å². The zero-order chi connectivity index (χ0) is 13.2. The van der Waals surface area contributed by atoms with E-state index in [9.17, 15) is 0 Å². The monoisotopic (exact) mass is 259 g/mol. The Hall–Kier alpha value is -0.760. The Morgan fingerprint density at radius 2 is 1.89 bits per heavy atom. The minimum atomic E-state index is 0.357. The van der Waals surface area contributed by atoms with Gasteiger partial charge in [-0.3, -0.25) is 0 Å². The molecule has 4 bridgehead atoms. The lowest BCUT2D eigenvalue weighted by Gasteiger charge is -2.60. The molecule has 0 saturated heterocycles. The molecule has 4 fully saturated rings. The van der Waals surface area contributed by atoms with E-state index in [2.05, 4.69) is 26.0 Å². The minimum Gasteiger partial charge on any atom is -0.466 e. The molecule has 1 aromatic heterocycles. The van der Waals surface area contributed by atoms with Gasteiger partial charge in [-0.15, -0.1) is 0 Å². The van der Waals surface area contributed by atoms with E-state index in [0.29, 0.717) is 11.5 Å². The maximum Gasteiger partial charge on any atom is 0.110 e. The van der Waals surface area contributed by atoms with Crippen LogP contribution in [-0.4, -0.2) is 6.04 Å². The quantitative estimate of drug-likeness (QED) is 0.881. The molecule has 19 heavy (non-hydrogen) atoms. The first-order chi connectivity index (χ1) is 9.07. The highest BCUT2D eigenvalue weighted by Gasteiger charge is 2.57. The summed E-state index contributed by atoms with van der Waals surface area (Å²) in [5.74, 6) is 5.72. The van der Waals surface area contributed by atoms with Crippen LogP contribution in [0.25, 0.3) is 0 Å². The zero-order valence-corrected chi connectivity index (χ0v) is 12.1. The molecule has 2 nitrogen and oxygen atoms in total. The summed E-state index contributed by atoms with van der Waals surface area (Å²) in [5, 5.41) is 0. The van der Waals surface area contributed by atoms with Crippen molar-refractivity contribution in [3.8, 4) is 0 Å². The molecule has 4 saturated carbocycles. The molecule has 0 aromatic carbocycles. The molecule has 1 aromatic rings. The molecule has 5 rings (SSSR count). The third-order valence-electron chi connectivity index (χ3n) is 6.22. The molecule has 0 amide bonds. The van der Waals surface area contributed by atoms with Gasteiger partial charge in [-0.1, -0.05) is 0 Å². The van der Waals surface area contributed by atoms with Crippen LogP contribution in [0.4, 0.5) is 0 Å². The van der Waals surface area contributed by atoms with Crippen LogP contribution in [-0.2, 0) is 5.41 Å². The van der Waals surface area contributed by atoms with Crippen molar-refractivity contribution in [3.63, 3.8) is 0 Å². The second-order valence-electron chi connectivity index (χ2n) is 7.60. The molecule has 1 heterocycles. The van der Waals surface area contributed by atoms with Crippen LogP contribution >= 0.6 is 0 Å². The Morgan fingerprint density at radius 3 is 2.42 bits per heavy atom. The molecule has 2 heteroatoms. The first-order valence-corrected chi connectivity index (χ1v) is 7.90. The highest BCUT2D eigenvalue weighted by molar-refractivity contribution is 5.23. The van der Waals surface area contributed by atoms with E-state index in [1.54, 1.807) is 0 Å². The van der Waals surface area contributed by atoms with E-state index < -0.39 is 0 Å². The van der Waals surface area contributed by atoms with Crippen LogP contribution < -0.4 is 5.73 Å². The highest BCUT2D eigenvalue weighted by Crippen LogP contribution is 2.63. The largest absolute Gasteiger partial charge is 0.466 e. The number of rotatable bonds is 2. The molecule has 0 radical (unpaired) electrons. The summed E-state index contributed by atoms with van der Waals surface area (Å²) >= 11 is 0. The second-order valence-corrected chi connectivity index (χ2v) is 7.60. The summed E-state index contributed by atoms with van der Waals surface area (Å²) < 4.78 is 6.03. The molecule has 4 aliphatic carbocycles. The SMILES string of the molecule is Cc1ccc(C23CC4CC(C2)C(C(C)N)C(C4)C3)o1. The lowest BCUT2D eigenvalue weighted by atomic mass is 9.45. The van der Waals surface area contributed by atoms with Crippen LogP contribution in [0.3, 0.4) is 0 Å². The van der Waals surface area contributed by atoms with Crippen LogP contribution in [0.15, 0.2) is 16.5 Å². The Balaban J connectivity index is 1.71. The second kappa shape index (κ2) is 3.88. The van der Waals surface area contributed by atoms with Crippen molar-refractivity contribution in [1.29, 1.82) is 0 Å². The molecule has 3 atom stereocenters. The number of hydrogen-bond acceptors (Lipinski definition) is 2. The summed E-state index contributed by atoms with van der Waals surface area (Å²) in [6.07, 6.45) is 6.84. The van der Waals surface area contributed by atoms with Gasteiger partial charge in [0.2, 0.25) is 0 Å². The average Bonchev–Trinajstić information content (AvgIpc) is 2.74. The molecule has 4 aliphatic rings. The predicted octanol–water partition coefficient (Wildman–Crippen LogP) is 3.63. The maximum absolute atomic E-state index is 6.28. The normalized spacial score (nSPS) is 45.6. The van der Waals surface area contributed by atoms with Gasteiger partial charge in [0, 0.05) is 11.5 Å². The predicted molar refractivity (Wildman–Crippen MR) is 75.8 cm³/mol. The van der Waals surface area contributed by atoms with Gasteiger partial charge in [0.05, 0.1) is 0 Å². The summed E-state index contributed by atoms with van der Waals surface area (Å²) in [4.78, 5) is 0. The third-order valence-corrected chi connectivity index (χ3v) is 6.22. The topological polar surface area (TPSA) is 39.2 Å². The molecule has 0 aliphatic heterocycles. The fourth-order valence-corrected chi connectivity index (χ4v) is 5.94. The van der Waals surface area contributed by atoms with Crippen LogP contribution in [0.1, 0.15) is 50.5 Å². The van der Waals surface area contributed by atoms with Gasteiger partial charge in [0.15, 0.2) is 0 Å². The van der Waals surface area contributed by atoms with E-state index in [1.807, 2.05) is 0 Å². The Kier molecular flexibility index (Phi) is 2.45. The van der Waals surface area contributed by atoms with E-state index >= 15 is 0 Å². The van der Waals surface area contributed by atoms with E-state index in [4.69, 9.17) is 10.2 Å². The van der Waals surface area contributed by atoms with Gasteiger partial charge < -0.3 is 10.2 Å². The van der Waals surface area contributed by atoms with E-state index in [-0.39, 0.29) is 0 Å². The molecule has 3 unspecified atom stereocenters. The highest BCUT2D eigenvalue weighted by atomic mass is 16.3. The van der Waals surface area contributed by atoms with Crippen LogP contribution in [0.2, 0.25) is 0 Å². The molecule has 104 valence electrons. The van der Waals surface area contributed by atoms with Crippen molar-refractivity contribution in [1.82, 2.24) is 0 Å². The molecular weight excluding hydrogens is 234 g/mol. The molecule has 0 spiro atoms. The Bertz CT molecular complexity index is 473. The standard InChI is InChI=1S/C17H25NO/c1-10-3-4-15(19-10)17-7-12-5-13(8-17)16(11(2)18)14(6-12)9-17/h3-4,11-14,16H,5-9,18H2,1-2H3. The van der Waals surface area contributed by atoms with Gasteiger partial charge in [0.1, 0.15) is 11.5 Å². The van der Waals surface area contributed by atoms with Crippen molar-refractivity contribution in [2.24, 2.45) is 29.4 Å². The van der Waals surface area contributed by atoms with E-state index in [0.717, 1.165) is 29.4 Å². The maximum atomic E-state index is 6.28. The minimum absolute atomic E-state index is 0.357. The zero-order valence-electron chi connectivity index (χ0n) is 12.1. The average molecular weight is 259 g/mol. The number of aryl methyl sites for hydroxylation is 1. The van der Waals surface area contributed by atoms with E-state index in [1.165, 1.54) is 37.9 Å². The first kappa shape index (κ1) is 12.0. The Morgan fingerprint density at radius 1 is 1.21 bits per heavy atom. The van der Waals surface area contributed by atoms with Gasteiger partial charge in [-0.2, -0.15) is 0 Å². The van der Waals surface area contributed by atoms with Crippen LogP contribution in [0.5, 0.6) is 0 Å². The summed E-state index contributed by atoms with van der Waals surface area (Å²) in [5.41, 5.74) is 6.64. The number of nitrogens with two attached hydrogens (primary N) is 1. The van der Waals surface area contributed by atoms with Crippen molar-refractivity contribution in [2.75, 3.05) is 0 Å². The first-order valence-electron chi connectivity index (χ1n) is 7.90. The van der Waals surface area contributed by atoms with Crippen LogP contribution in [0, 0.1) is 30.6 Å². The van der Waals surface area contributed by atoms with Gasteiger partial charge in [-0.05, 0) is 81.8 Å². The van der Waals surface area contributed by atoms with Gasteiger partial charge >= 0.3 is 0 Å². The summed E-state index contributed by atoms with van der Waals surface area (Å²) in [7, 11) is 0. The summed E-state index contributed by atoms with van der Waals surface area (Å²) in [6.45, 7) is 4.28.